The van der Waals surface area contributed by atoms with Gasteiger partial charge in [0, 0.05) is 25.2 Å². The highest BCUT2D eigenvalue weighted by Crippen LogP contribution is 2.59. The summed E-state index contributed by atoms with van der Waals surface area (Å²) < 4.78 is 38.4. The number of amides is 1. The van der Waals surface area contributed by atoms with Crippen molar-refractivity contribution in [1.29, 1.82) is 0 Å². The lowest BCUT2D eigenvalue weighted by Gasteiger charge is -2.56. The second-order valence-electron chi connectivity index (χ2n) is 9.98. The van der Waals surface area contributed by atoms with Crippen molar-refractivity contribution in [2.24, 2.45) is 23.2 Å². The second kappa shape index (κ2) is 8.05. The molecule has 170 valence electrons. The van der Waals surface area contributed by atoms with Gasteiger partial charge < -0.3 is 14.8 Å². The lowest BCUT2D eigenvalue weighted by atomic mass is 9.49. The van der Waals surface area contributed by atoms with Gasteiger partial charge in [0.2, 0.25) is 10.0 Å². The van der Waals surface area contributed by atoms with E-state index in [-0.39, 0.29) is 22.0 Å². The molecule has 5 aliphatic rings. The van der Waals surface area contributed by atoms with E-state index in [1.807, 2.05) is 0 Å². The van der Waals surface area contributed by atoms with Gasteiger partial charge in [0.15, 0.2) is 0 Å². The predicted molar refractivity (Wildman–Crippen MR) is 116 cm³/mol. The van der Waals surface area contributed by atoms with E-state index in [1.165, 1.54) is 56.0 Å². The highest BCUT2D eigenvalue weighted by molar-refractivity contribution is 7.89. The van der Waals surface area contributed by atoms with Crippen LogP contribution in [0.5, 0.6) is 5.75 Å². The Morgan fingerprint density at radius 3 is 2.32 bits per heavy atom. The first-order valence-electron chi connectivity index (χ1n) is 11.4. The Morgan fingerprint density at radius 1 is 1.13 bits per heavy atom. The average Bonchev–Trinajstić information content (AvgIpc) is 2.77. The third-order valence-corrected chi connectivity index (χ3v) is 9.72. The van der Waals surface area contributed by atoms with Gasteiger partial charge in [0.05, 0.1) is 20.3 Å². The van der Waals surface area contributed by atoms with Crippen LogP contribution >= 0.6 is 0 Å². The van der Waals surface area contributed by atoms with Gasteiger partial charge in [-0.1, -0.05) is 0 Å². The Morgan fingerprint density at radius 2 is 1.74 bits per heavy atom. The second-order valence-corrected chi connectivity index (χ2v) is 11.9. The molecule has 5 fully saturated rings. The van der Waals surface area contributed by atoms with Crippen LogP contribution in [0, 0.1) is 23.2 Å². The van der Waals surface area contributed by atoms with Gasteiger partial charge in [-0.3, -0.25) is 4.79 Å². The van der Waals surface area contributed by atoms with E-state index in [4.69, 9.17) is 9.47 Å². The number of methoxy groups -OCH3 is 1. The zero-order valence-corrected chi connectivity index (χ0v) is 19.0. The third-order valence-electron chi connectivity index (χ3n) is 7.80. The molecule has 8 heteroatoms. The summed E-state index contributed by atoms with van der Waals surface area (Å²) in [6.07, 6.45) is 7.77. The van der Waals surface area contributed by atoms with E-state index in [9.17, 15) is 13.2 Å². The Labute approximate surface area is 184 Å². The quantitative estimate of drug-likeness (QED) is 0.723. The highest BCUT2D eigenvalue weighted by atomic mass is 32.2. The van der Waals surface area contributed by atoms with Gasteiger partial charge in [-0.25, -0.2) is 8.42 Å². The molecule has 0 unspecified atom stereocenters. The molecule has 1 saturated heterocycles. The number of morpholine rings is 1. The van der Waals surface area contributed by atoms with E-state index in [1.54, 1.807) is 12.1 Å². The molecule has 4 aliphatic carbocycles. The molecular weight excluding hydrogens is 416 g/mol. The maximum Gasteiger partial charge on any atom is 0.251 e. The Kier molecular flexibility index (Phi) is 5.51. The normalized spacial score (nSPS) is 32.7. The van der Waals surface area contributed by atoms with Crippen molar-refractivity contribution < 1.29 is 22.7 Å². The maximum absolute atomic E-state index is 13.2. The van der Waals surface area contributed by atoms with E-state index in [0.717, 1.165) is 17.8 Å². The topological polar surface area (TPSA) is 84.9 Å². The number of hydrogen-bond donors (Lipinski definition) is 1. The number of sulfonamides is 1. The molecular formula is C23H32N2O5S. The van der Waals surface area contributed by atoms with E-state index in [0.29, 0.717) is 38.4 Å². The van der Waals surface area contributed by atoms with Crippen LogP contribution in [0.2, 0.25) is 0 Å². The summed E-state index contributed by atoms with van der Waals surface area (Å²) in [7, 11) is -2.32. The minimum Gasteiger partial charge on any atom is -0.495 e. The molecule has 1 heterocycles. The van der Waals surface area contributed by atoms with Crippen LogP contribution in [0.3, 0.4) is 0 Å². The minimum absolute atomic E-state index is 0.0411. The summed E-state index contributed by atoms with van der Waals surface area (Å²) >= 11 is 0. The molecule has 1 amide bonds. The Balaban J connectivity index is 1.33. The summed E-state index contributed by atoms with van der Waals surface area (Å²) in [5.41, 5.74) is 0.594. The van der Waals surface area contributed by atoms with Crippen molar-refractivity contribution in [3.8, 4) is 5.75 Å². The van der Waals surface area contributed by atoms with Gasteiger partial charge in [-0.05, 0) is 79.9 Å². The molecule has 0 aromatic heterocycles. The molecule has 6 rings (SSSR count). The Hall–Kier alpha value is -1.64. The third kappa shape index (κ3) is 3.98. The first-order valence-corrected chi connectivity index (χ1v) is 12.9. The highest BCUT2D eigenvalue weighted by Gasteiger charge is 2.50. The maximum atomic E-state index is 13.2. The standard InChI is InChI=1S/C23H32N2O5S/c1-29-20-3-2-19(11-21(20)31(27,28)25-4-6-30-7-5-25)22(26)24-15-23-12-16-8-17(13-23)10-18(9-16)14-23/h2-3,11,16-18H,4-10,12-15H2,1H3,(H,24,26). The number of ether oxygens (including phenoxy) is 2. The van der Waals surface area contributed by atoms with E-state index >= 15 is 0 Å². The molecule has 7 nitrogen and oxygen atoms in total. The summed E-state index contributed by atoms with van der Waals surface area (Å²) in [6.45, 7) is 2.02. The van der Waals surface area contributed by atoms with Crippen molar-refractivity contribution in [3.05, 3.63) is 23.8 Å². The predicted octanol–water partition coefficient (Wildman–Crippen LogP) is 2.66. The van der Waals surface area contributed by atoms with Crippen LogP contribution < -0.4 is 10.1 Å². The molecule has 31 heavy (non-hydrogen) atoms. The zero-order chi connectivity index (χ0) is 21.6. The fourth-order valence-corrected chi connectivity index (χ4v) is 8.41. The first kappa shape index (κ1) is 21.2. The van der Waals surface area contributed by atoms with Crippen LogP contribution in [0.25, 0.3) is 0 Å². The fraction of sp³-hybridized carbons (Fsp3) is 0.696. The molecule has 1 aliphatic heterocycles. The van der Waals surface area contributed by atoms with Crippen molar-refractivity contribution in [3.63, 3.8) is 0 Å². The number of hydrogen-bond acceptors (Lipinski definition) is 5. The number of nitrogens with one attached hydrogen (secondary N) is 1. The van der Waals surface area contributed by atoms with E-state index in [2.05, 4.69) is 5.32 Å². The van der Waals surface area contributed by atoms with Gasteiger partial charge >= 0.3 is 0 Å². The number of carbonyl (C=O) groups excluding carboxylic acids is 1. The van der Waals surface area contributed by atoms with Crippen LogP contribution in [0.15, 0.2) is 23.1 Å². The first-order chi connectivity index (χ1) is 14.9. The minimum atomic E-state index is -3.76. The fourth-order valence-electron chi connectivity index (χ4n) is 6.82. The van der Waals surface area contributed by atoms with Crippen LogP contribution in [-0.4, -0.2) is 58.6 Å². The molecule has 1 aromatic rings. The lowest BCUT2D eigenvalue weighted by molar-refractivity contribution is -0.0503. The summed E-state index contributed by atoms with van der Waals surface area (Å²) in [5.74, 6) is 2.53. The SMILES string of the molecule is COc1ccc(C(=O)NCC23CC4CC(CC(C4)C2)C3)cc1S(=O)(=O)N1CCOCC1. The number of benzene rings is 1. The number of rotatable bonds is 6. The summed E-state index contributed by atoms with van der Waals surface area (Å²) in [5, 5.41) is 3.14. The van der Waals surface area contributed by atoms with Crippen molar-refractivity contribution in [2.45, 2.75) is 43.4 Å². The lowest BCUT2D eigenvalue weighted by Crippen LogP contribution is -2.51. The zero-order valence-electron chi connectivity index (χ0n) is 18.1. The van der Waals surface area contributed by atoms with Crippen molar-refractivity contribution in [2.75, 3.05) is 40.0 Å². The number of nitrogens with zero attached hydrogens (tertiary/aromatic N) is 1. The van der Waals surface area contributed by atoms with Crippen molar-refractivity contribution >= 4 is 15.9 Å². The van der Waals surface area contributed by atoms with Crippen LogP contribution in [0.4, 0.5) is 0 Å². The number of carbonyl (C=O) groups is 1. The molecule has 0 radical (unpaired) electrons. The largest absolute Gasteiger partial charge is 0.495 e. The van der Waals surface area contributed by atoms with Gasteiger partial charge in [0.1, 0.15) is 10.6 Å². The van der Waals surface area contributed by atoms with Crippen molar-refractivity contribution in [1.82, 2.24) is 9.62 Å². The van der Waals surface area contributed by atoms with Gasteiger partial charge in [-0.2, -0.15) is 4.31 Å². The average molecular weight is 449 g/mol. The van der Waals surface area contributed by atoms with Crippen LogP contribution in [0.1, 0.15) is 48.9 Å². The monoisotopic (exact) mass is 448 g/mol. The molecule has 0 spiro atoms. The van der Waals surface area contributed by atoms with Crippen LogP contribution in [-0.2, 0) is 14.8 Å². The molecule has 0 atom stereocenters. The molecule has 1 aromatic carbocycles. The summed E-state index contributed by atoms with van der Waals surface area (Å²) in [6, 6.07) is 4.68. The molecule has 4 saturated carbocycles. The molecule has 1 N–H and O–H groups in total. The van der Waals surface area contributed by atoms with Gasteiger partial charge in [0.25, 0.3) is 5.91 Å². The van der Waals surface area contributed by atoms with Gasteiger partial charge in [-0.15, -0.1) is 0 Å². The molecule has 4 bridgehead atoms. The Bertz CT molecular complexity index is 919. The summed E-state index contributed by atoms with van der Waals surface area (Å²) in [4.78, 5) is 13.1. The smallest absolute Gasteiger partial charge is 0.251 e. The van der Waals surface area contributed by atoms with E-state index < -0.39 is 10.0 Å².